The number of hydrogen-bond acceptors (Lipinski definition) is 5. The number of aryl methyl sites for hydroxylation is 1. The van der Waals surface area contributed by atoms with Crippen LogP contribution in [0.25, 0.3) is 10.6 Å². The van der Waals surface area contributed by atoms with Crippen LogP contribution in [0.5, 0.6) is 11.5 Å². The van der Waals surface area contributed by atoms with Crippen molar-refractivity contribution in [2.45, 2.75) is 19.9 Å². The summed E-state index contributed by atoms with van der Waals surface area (Å²) in [5.41, 5.74) is 1.89. The van der Waals surface area contributed by atoms with E-state index in [1.807, 2.05) is 25.1 Å². The van der Waals surface area contributed by atoms with Crippen molar-refractivity contribution in [2.24, 2.45) is 0 Å². The molecule has 2 heterocycles. The second-order valence-corrected chi connectivity index (χ2v) is 7.51. The zero-order valence-corrected chi connectivity index (χ0v) is 17.5. The quantitative estimate of drug-likeness (QED) is 0.631. The van der Waals surface area contributed by atoms with Gasteiger partial charge in [-0.3, -0.25) is 4.79 Å². The van der Waals surface area contributed by atoms with Crippen molar-refractivity contribution in [1.29, 1.82) is 0 Å². The number of nitrogens with one attached hydrogen (secondary N) is 1. The molecule has 0 aliphatic carbocycles. The molecule has 0 radical (unpaired) electrons. The standard InChI is InChI=1S/C21H19FN2O3S.ClH/c1-12(14-7-8-17-18(11-14)27-10-9-26-17)23-20(25)19-13(2)24-21(28-19)15-5-3-4-6-16(15)22;/h3-8,11-12H,9-10H2,1-2H3,(H,23,25);1H. The van der Waals surface area contributed by atoms with E-state index in [1.54, 1.807) is 25.1 Å². The fourth-order valence-corrected chi connectivity index (χ4v) is 4.03. The van der Waals surface area contributed by atoms with E-state index in [0.717, 1.165) is 5.56 Å². The smallest absolute Gasteiger partial charge is 0.263 e. The van der Waals surface area contributed by atoms with Crippen molar-refractivity contribution >= 4 is 29.7 Å². The topological polar surface area (TPSA) is 60.5 Å². The summed E-state index contributed by atoms with van der Waals surface area (Å²) in [4.78, 5) is 17.6. The molecule has 0 bridgehead atoms. The highest BCUT2D eigenvalue weighted by atomic mass is 35.5. The van der Waals surface area contributed by atoms with Gasteiger partial charge in [0.05, 0.1) is 11.7 Å². The number of halogens is 2. The molecule has 8 heteroatoms. The van der Waals surface area contributed by atoms with E-state index in [9.17, 15) is 9.18 Å². The lowest BCUT2D eigenvalue weighted by Crippen LogP contribution is -2.26. The molecule has 0 saturated heterocycles. The summed E-state index contributed by atoms with van der Waals surface area (Å²) >= 11 is 1.19. The summed E-state index contributed by atoms with van der Waals surface area (Å²) in [6.45, 7) is 4.70. The van der Waals surface area contributed by atoms with E-state index in [2.05, 4.69) is 10.3 Å². The van der Waals surface area contributed by atoms with Crippen molar-refractivity contribution in [3.05, 3.63) is 64.4 Å². The number of carbonyl (C=O) groups excluding carboxylic acids is 1. The minimum atomic E-state index is -0.354. The summed E-state index contributed by atoms with van der Waals surface area (Å²) in [5, 5.41) is 3.47. The SMILES string of the molecule is Cc1nc(-c2ccccc2F)sc1C(=O)NC(C)c1ccc2c(c1)OCCO2.Cl. The fourth-order valence-electron chi connectivity index (χ4n) is 3.03. The molecular formula is C21H20ClFN2O3S. The molecule has 0 fully saturated rings. The molecule has 0 spiro atoms. The van der Waals surface area contributed by atoms with Gasteiger partial charge in [-0.1, -0.05) is 18.2 Å². The van der Waals surface area contributed by atoms with Gasteiger partial charge in [-0.05, 0) is 43.7 Å². The van der Waals surface area contributed by atoms with Gasteiger partial charge in [0.2, 0.25) is 0 Å². The second kappa shape index (κ2) is 8.80. The Balaban J connectivity index is 0.00000240. The third kappa shape index (κ3) is 4.36. The zero-order valence-electron chi connectivity index (χ0n) is 15.9. The molecule has 1 amide bonds. The first-order valence-electron chi connectivity index (χ1n) is 8.95. The molecule has 1 atom stereocenters. The van der Waals surface area contributed by atoms with Crippen molar-refractivity contribution < 1.29 is 18.7 Å². The molecule has 1 aliphatic heterocycles. The van der Waals surface area contributed by atoms with Gasteiger partial charge in [0.15, 0.2) is 11.5 Å². The fraction of sp³-hybridized carbons (Fsp3) is 0.238. The Kier molecular flexibility index (Phi) is 6.39. The highest BCUT2D eigenvalue weighted by molar-refractivity contribution is 7.17. The van der Waals surface area contributed by atoms with Crippen molar-refractivity contribution in [3.63, 3.8) is 0 Å². The Morgan fingerprint density at radius 3 is 2.66 bits per heavy atom. The lowest BCUT2D eigenvalue weighted by molar-refractivity contribution is 0.0943. The van der Waals surface area contributed by atoms with E-state index < -0.39 is 0 Å². The van der Waals surface area contributed by atoms with Crippen LogP contribution >= 0.6 is 23.7 Å². The number of amides is 1. The van der Waals surface area contributed by atoms with Gasteiger partial charge in [-0.25, -0.2) is 9.37 Å². The number of aromatic nitrogens is 1. The normalized spacial score (nSPS) is 13.3. The molecular weight excluding hydrogens is 415 g/mol. The van der Waals surface area contributed by atoms with Gasteiger partial charge in [0, 0.05) is 5.56 Å². The molecule has 1 aromatic heterocycles. The molecule has 152 valence electrons. The molecule has 2 aromatic carbocycles. The highest BCUT2D eigenvalue weighted by Gasteiger charge is 2.21. The van der Waals surface area contributed by atoms with Gasteiger partial charge in [-0.15, -0.1) is 23.7 Å². The Labute approximate surface area is 178 Å². The number of rotatable bonds is 4. The van der Waals surface area contributed by atoms with Crippen molar-refractivity contribution in [1.82, 2.24) is 10.3 Å². The minimum absolute atomic E-state index is 0. The molecule has 5 nitrogen and oxygen atoms in total. The van der Waals surface area contributed by atoms with E-state index in [1.165, 1.54) is 17.4 Å². The summed E-state index contributed by atoms with van der Waals surface area (Å²) in [6, 6.07) is 11.8. The van der Waals surface area contributed by atoms with Gasteiger partial charge in [0.25, 0.3) is 5.91 Å². The molecule has 3 aromatic rings. The zero-order chi connectivity index (χ0) is 19.7. The van der Waals surface area contributed by atoms with Crippen LogP contribution in [0.15, 0.2) is 42.5 Å². The van der Waals surface area contributed by atoms with Crippen molar-refractivity contribution in [2.75, 3.05) is 13.2 Å². The average molecular weight is 435 g/mol. The maximum Gasteiger partial charge on any atom is 0.263 e. The minimum Gasteiger partial charge on any atom is -0.486 e. The third-order valence-corrected chi connectivity index (χ3v) is 5.71. The number of benzene rings is 2. The van der Waals surface area contributed by atoms with E-state index >= 15 is 0 Å². The van der Waals surface area contributed by atoms with Crippen LogP contribution in [0.4, 0.5) is 4.39 Å². The molecule has 0 saturated carbocycles. The van der Waals surface area contributed by atoms with Crippen LogP contribution < -0.4 is 14.8 Å². The van der Waals surface area contributed by atoms with Crippen LogP contribution in [0.3, 0.4) is 0 Å². The molecule has 1 unspecified atom stereocenters. The Hall–Kier alpha value is -2.64. The van der Waals surface area contributed by atoms with Crippen LogP contribution in [0.1, 0.15) is 33.9 Å². The largest absolute Gasteiger partial charge is 0.486 e. The Morgan fingerprint density at radius 2 is 1.90 bits per heavy atom. The first kappa shape index (κ1) is 21.1. The number of fused-ring (bicyclic) bond motifs is 1. The monoisotopic (exact) mass is 434 g/mol. The summed E-state index contributed by atoms with van der Waals surface area (Å²) in [7, 11) is 0. The van der Waals surface area contributed by atoms with E-state index in [4.69, 9.17) is 9.47 Å². The number of nitrogens with zero attached hydrogens (tertiary/aromatic N) is 1. The molecule has 1 N–H and O–H groups in total. The van der Waals surface area contributed by atoms with Crippen molar-refractivity contribution in [3.8, 4) is 22.1 Å². The van der Waals surface area contributed by atoms with Crippen LogP contribution in [0.2, 0.25) is 0 Å². The molecule has 29 heavy (non-hydrogen) atoms. The predicted molar refractivity (Wildman–Crippen MR) is 113 cm³/mol. The predicted octanol–water partition coefficient (Wildman–Crippen LogP) is 4.94. The number of hydrogen-bond donors (Lipinski definition) is 1. The van der Waals surface area contributed by atoms with E-state index in [-0.39, 0.29) is 30.2 Å². The summed E-state index contributed by atoms with van der Waals surface area (Å²) in [6.07, 6.45) is 0. The molecule has 1 aliphatic rings. The lowest BCUT2D eigenvalue weighted by Gasteiger charge is -2.21. The number of thiazole rings is 1. The summed E-state index contributed by atoms with van der Waals surface area (Å²) < 4.78 is 25.2. The highest BCUT2D eigenvalue weighted by Crippen LogP contribution is 2.33. The van der Waals surface area contributed by atoms with Gasteiger partial charge >= 0.3 is 0 Å². The maximum atomic E-state index is 14.0. The lowest BCUT2D eigenvalue weighted by atomic mass is 10.1. The average Bonchev–Trinajstić information content (AvgIpc) is 3.09. The number of carbonyl (C=O) groups is 1. The number of ether oxygens (including phenoxy) is 2. The van der Waals surface area contributed by atoms with E-state index in [0.29, 0.717) is 45.9 Å². The van der Waals surface area contributed by atoms with Crippen LogP contribution in [0, 0.1) is 12.7 Å². The first-order chi connectivity index (χ1) is 13.5. The second-order valence-electron chi connectivity index (χ2n) is 6.51. The Bertz CT molecular complexity index is 1040. The maximum absolute atomic E-state index is 14.0. The Morgan fingerprint density at radius 1 is 1.17 bits per heavy atom. The molecule has 4 rings (SSSR count). The van der Waals surface area contributed by atoms with Gasteiger partial charge in [0.1, 0.15) is 28.9 Å². The van der Waals surface area contributed by atoms with Gasteiger partial charge in [-0.2, -0.15) is 0 Å². The first-order valence-corrected chi connectivity index (χ1v) is 9.77. The van der Waals surface area contributed by atoms with Gasteiger partial charge < -0.3 is 14.8 Å². The van der Waals surface area contributed by atoms with Crippen LogP contribution in [-0.2, 0) is 0 Å². The summed E-state index contributed by atoms with van der Waals surface area (Å²) in [5.74, 6) is 0.801. The third-order valence-electron chi connectivity index (χ3n) is 4.52. The van der Waals surface area contributed by atoms with Crippen LogP contribution in [-0.4, -0.2) is 24.1 Å².